The van der Waals surface area contributed by atoms with Gasteiger partial charge in [0.05, 0.1) is 28.4 Å². The molecule has 0 spiro atoms. The lowest BCUT2D eigenvalue weighted by Crippen LogP contribution is -2.03. The Balaban J connectivity index is 0.000000181. The van der Waals surface area contributed by atoms with Gasteiger partial charge in [-0.15, -0.1) is 0 Å². The fourth-order valence-electron chi connectivity index (χ4n) is 3.31. The van der Waals surface area contributed by atoms with Crippen molar-refractivity contribution in [3.63, 3.8) is 0 Å². The molecule has 0 saturated carbocycles. The fourth-order valence-corrected chi connectivity index (χ4v) is 3.31. The van der Waals surface area contributed by atoms with Crippen LogP contribution >= 0.6 is 0 Å². The lowest BCUT2D eigenvalue weighted by Gasteiger charge is -2.20. The Kier molecular flexibility index (Phi) is 6.68. The summed E-state index contributed by atoms with van der Waals surface area (Å²) in [6, 6.07) is 3.60. The maximum absolute atomic E-state index is 9.85. The highest BCUT2D eigenvalue weighted by Gasteiger charge is 2.22. The molecule has 0 fully saturated rings. The molecular weight excluding hydrogens is 412 g/mol. The molecule has 0 radical (unpaired) electrons. The molecule has 32 heavy (non-hydrogen) atoms. The number of phenols is 1. The number of phenolic OH excluding ortho intramolecular Hbond substituents is 1. The van der Waals surface area contributed by atoms with E-state index in [1.165, 1.54) is 14.2 Å². The van der Waals surface area contributed by atoms with Crippen LogP contribution < -0.4 is 28.4 Å². The van der Waals surface area contributed by atoms with Gasteiger partial charge in [0.15, 0.2) is 23.0 Å². The first kappa shape index (κ1) is 22.7. The zero-order chi connectivity index (χ0) is 23.4. The minimum absolute atomic E-state index is 0.0770. The van der Waals surface area contributed by atoms with Crippen LogP contribution in [0.15, 0.2) is 49.0 Å². The molecule has 2 aliphatic rings. The van der Waals surface area contributed by atoms with Gasteiger partial charge >= 0.3 is 0 Å². The number of methoxy groups -OCH3 is 4. The molecule has 7 nitrogen and oxygen atoms in total. The highest BCUT2D eigenvalue weighted by atomic mass is 16.5. The van der Waals surface area contributed by atoms with E-state index < -0.39 is 0 Å². The predicted molar refractivity (Wildman–Crippen MR) is 123 cm³/mol. The van der Waals surface area contributed by atoms with E-state index in [-0.39, 0.29) is 11.5 Å². The Hall–Kier alpha value is -4.00. The van der Waals surface area contributed by atoms with Gasteiger partial charge in [-0.2, -0.15) is 0 Å². The van der Waals surface area contributed by atoms with Crippen LogP contribution in [-0.4, -0.2) is 33.5 Å². The molecule has 0 amide bonds. The summed E-state index contributed by atoms with van der Waals surface area (Å²) >= 11 is 0. The normalized spacial score (nSPS) is 13.0. The van der Waals surface area contributed by atoms with Crippen LogP contribution in [0.5, 0.6) is 40.2 Å². The molecule has 2 aliphatic heterocycles. The fraction of sp³-hybridized carbons (Fsp3) is 0.200. The summed E-state index contributed by atoms with van der Waals surface area (Å²) in [5.74, 6) is 4.26. The molecular formula is C25H26O7. The van der Waals surface area contributed by atoms with Gasteiger partial charge in [-0.1, -0.05) is 13.2 Å². The molecule has 0 atom stereocenters. The van der Waals surface area contributed by atoms with Gasteiger partial charge in [0.2, 0.25) is 11.5 Å². The first-order valence-electron chi connectivity index (χ1n) is 9.67. The number of allylic oxidation sites excluding steroid dienone is 2. The quantitative estimate of drug-likeness (QED) is 0.698. The van der Waals surface area contributed by atoms with E-state index in [1.54, 1.807) is 26.4 Å². The predicted octanol–water partition coefficient (Wildman–Crippen LogP) is 5.26. The van der Waals surface area contributed by atoms with Crippen LogP contribution in [0.3, 0.4) is 0 Å². The highest BCUT2D eigenvalue weighted by molar-refractivity contribution is 5.73. The minimum Gasteiger partial charge on any atom is -0.502 e. The topological polar surface area (TPSA) is 75.6 Å². The summed E-state index contributed by atoms with van der Waals surface area (Å²) in [4.78, 5) is 0. The number of hydrogen-bond acceptors (Lipinski definition) is 7. The Morgan fingerprint density at radius 2 is 1.16 bits per heavy atom. The van der Waals surface area contributed by atoms with Crippen molar-refractivity contribution in [3.05, 3.63) is 65.7 Å². The van der Waals surface area contributed by atoms with Crippen molar-refractivity contribution in [3.8, 4) is 40.2 Å². The van der Waals surface area contributed by atoms with Gasteiger partial charge in [-0.3, -0.25) is 0 Å². The van der Waals surface area contributed by atoms with E-state index >= 15 is 0 Å². The second kappa shape index (κ2) is 9.43. The molecule has 7 heteroatoms. The molecule has 0 bridgehead atoms. The number of fused-ring (bicyclic) bond motifs is 2. The van der Waals surface area contributed by atoms with Crippen LogP contribution in [0, 0.1) is 6.92 Å². The monoisotopic (exact) mass is 438 g/mol. The minimum atomic E-state index is -0.0770. The second-order valence-corrected chi connectivity index (χ2v) is 6.84. The summed E-state index contributed by atoms with van der Waals surface area (Å²) in [6.45, 7) is 9.38. The zero-order valence-corrected chi connectivity index (χ0v) is 18.8. The first-order valence-corrected chi connectivity index (χ1v) is 9.67. The van der Waals surface area contributed by atoms with Crippen LogP contribution in [0.1, 0.15) is 16.7 Å². The van der Waals surface area contributed by atoms with Crippen molar-refractivity contribution in [1.29, 1.82) is 0 Å². The lowest BCUT2D eigenvalue weighted by molar-refractivity contribution is 0.320. The van der Waals surface area contributed by atoms with Gasteiger partial charge in [0.1, 0.15) is 17.3 Å². The largest absolute Gasteiger partial charge is 0.502 e. The molecule has 2 aromatic rings. The Morgan fingerprint density at radius 1 is 0.688 bits per heavy atom. The maximum Gasteiger partial charge on any atom is 0.208 e. The van der Waals surface area contributed by atoms with Crippen LogP contribution in [0.25, 0.3) is 12.2 Å². The average Bonchev–Trinajstić information content (AvgIpc) is 2.79. The third kappa shape index (κ3) is 4.23. The van der Waals surface area contributed by atoms with Crippen molar-refractivity contribution in [2.24, 2.45) is 0 Å². The maximum atomic E-state index is 9.85. The highest BCUT2D eigenvalue weighted by Crippen LogP contribution is 2.48. The van der Waals surface area contributed by atoms with E-state index in [4.69, 9.17) is 28.4 Å². The van der Waals surface area contributed by atoms with Crippen LogP contribution in [0.4, 0.5) is 0 Å². The standard InChI is InChI=1S/C13H14O3.C12H12O4/c1-8-5-6-10-7-11(14-3)9(2)12(15-4)13(10)16-8;1-7-4-5-8-6-9(14-2)10(13)12(15-3)11(8)16-7/h5-7H,1H2,2-4H3;4-6,13H,1H2,2-3H3. The van der Waals surface area contributed by atoms with Crippen molar-refractivity contribution >= 4 is 12.2 Å². The Bertz CT molecular complexity index is 1040. The molecule has 0 aliphatic carbocycles. The van der Waals surface area contributed by atoms with Crippen molar-refractivity contribution < 1.29 is 33.5 Å². The number of benzene rings is 2. The van der Waals surface area contributed by atoms with Gasteiger partial charge < -0.3 is 33.5 Å². The number of aromatic hydroxyl groups is 1. The van der Waals surface area contributed by atoms with Crippen molar-refractivity contribution in [1.82, 2.24) is 0 Å². The number of rotatable bonds is 4. The van der Waals surface area contributed by atoms with Gasteiger partial charge in [-0.25, -0.2) is 0 Å². The van der Waals surface area contributed by atoms with Crippen molar-refractivity contribution in [2.45, 2.75) is 6.92 Å². The first-order chi connectivity index (χ1) is 15.3. The summed E-state index contributed by atoms with van der Waals surface area (Å²) < 4.78 is 31.8. The SMILES string of the molecule is C=C1C=Cc2cc(OC)c(C)c(OC)c2O1.C=C1C=Cc2cc(OC)c(O)c(OC)c2O1. The third-order valence-electron chi connectivity index (χ3n) is 4.88. The number of ether oxygens (including phenoxy) is 6. The van der Waals surface area contributed by atoms with Gasteiger partial charge in [-0.05, 0) is 43.4 Å². The van der Waals surface area contributed by atoms with Crippen LogP contribution in [0.2, 0.25) is 0 Å². The van der Waals surface area contributed by atoms with E-state index in [0.717, 1.165) is 22.4 Å². The van der Waals surface area contributed by atoms with E-state index in [1.807, 2.05) is 31.2 Å². The molecule has 0 saturated heterocycles. The second-order valence-electron chi connectivity index (χ2n) is 6.84. The van der Waals surface area contributed by atoms with E-state index in [9.17, 15) is 5.11 Å². The van der Waals surface area contributed by atoms with Gasteiger partial charge in [0.25, 0.3) is 0 Å². The molecule has 2 aromatic carbocycles. The molecule has 2 heterocycles. The third-order valence-corrected chi connectivity index (χ3v) is 4.88. The molecule has 168 valence electrons. The van der Waals surface area contributed by atoms with Gasteiger partial charge in [0, 0.05) is 16.7 Å². The smallest absolute Gasteiger partial charge is 0.208 e. The summed E-state index contributed by atoms with van der Waals surface area (Å²) in [7, 11) is 6.19. The molecule has 0 aromatic heterocycles. The number of hydrogen-bond donors (Lipinski definition) is 1. The lowest BCUT2D eigenvalue weighted by atomic mass is 10.1. The van der Waals surface area contributed by atoms with Crippen LogP contribution in [-0.2, 0) is 0 Å². The summed E-state index contributed by atoms with van der Waals surface area (Å²) in [5.41, 5.74) is 2.64. The molecule has 4 rings (SSSR count). The Labute approximate surface area is 187 Å². The Morgan fingerprint density at radius 3 is 1.62 bits per heavy atom. The summed E-state index contributed by atoms with van der Waals surface area (Å²) in [6.07, 6.45) is 7.31. The van der Waals surface area contributed by atoms with Crippen molar-refractivity contribution in [2.75, 3.05) is 28.4 Å². The van der Waals surface area contributed by atoms with E-state index in [0.29, 0.717) is 34.5 Å². The van der Waals surface area contributed by atoms with E-state index in [2.05, 4.69) is 13.2 Å². The summed E-state index contributed by atoms with van der Waals surface area (Å²) in [5, 5.41) is 9.85. The zero-order valence-electron chi connectivity index (χ0n) is 18.8. The molecule has 0 unspecified atom stereocenters. The molecule has 1 N–H and O–H groups in total. The average molecular weight is 438 g/mol.